The monoisotopic (exact) mass is 270 g/mol. The van der Waals surface area contributed by atoms with Gasteiger partial charge in [0.25, 0.3) is 0 Å². The first kappa shape index (κ1) is 16.9. The summed E-state index contributed by atoms with van der Waals surface area (Å²) in [5, 5.41) is 3.66. The van der Waals surface area contributed by atoms with Crippen LogP contribution < -0.4 is 5.32 Å². The molecule has 0 radical (unpaired) electrons. The molecule has 3 heteroatoms. The first-order chi connectivity index (χ1) is 8.83. The fourth-order valence-corrected chi connectivity index (χ4v) is 2.78. The Hall–Kier alpha value is -0.120. The van der Waals surface area contributed by atoms with Crippen molar-refractivity contribution in [2.24, 2.45) is 11.8 Å². The number of rotatable bonds is 8. The van der Waals surface area contributed by atoms with E-state index in [0.29, 0.717) is 0 Å². The van der Waals surface area contributed by atoms with Crippen molar-refractivity contribution >= 4 is 0 Å². The van der Waals surface area contributed by atoms with Crippen molar-refractivity contribution in [2.45, 2.75) is 59.0 Å². The van der Waals surface area contributed by atoms with Crippen LogP contribution >= 0.6 is 0 Å². The van der Waals surface area contributed by atoms with Crippen LogP contribution in [0.2, 0.25) is 0 Å². The molecule has 0 spiro atoms. The average Bonchev–Trinajstić information content (AvgIpc) is 2.22. The van der Waals surface area contributed by atoms with Crippen molar-refractivity contribution < 1.29 is 4.74 Å². The molecule has 0 aromatic heterocycles. The second-order valence-electron chi connectivity index (χ2n) is 7.42. The third-order valence-electron chi connectivity index (χ3n) is 3.92. The molecule has 0 amide bonds. The van der Waals surface area contributed by atoms with E-state index in [1.54, 1.807) is 7.11 Å². The second-order valence-corrected chi connectivity index (χ2v) is 7.42. The third-order valence-corrected chi connectivity index (χ3v) is 3.92. The van der Waals surface area contributed by atoms with Crippen molar-refractivity contribution in [1.29, 1.82) is 0 Å². The third kappa shape index (κ3) is 6.24. The smallest absolute Gasteiger partial charge is 0.0589 e. The van der Waals surface area contributed by atoms with E-state index in [2.05, 4.69) is 44.8 Å². The molecular weight excluding hydrogens is 236 g/mol. The average molecular weight is 270 g/mol. The largest absolute Gasteiger partial charge is 0.383 e. The normalized spacial score (nSPS) is 24.0. The van der Waals surface area contributed by atoms with Gasteiger partial charge in [-0.1, -0.05) is 13.8 Å². The quantitative estimate of drug-likeness (QED) is 0.734. The zero-order chi connectivity index (χ0) is 14.5. The van der Waals surface area contributed by atoms with Crippen LogP contribution in [0.25, 0.3) is 0 Å². The highest BCUT2D eigenvalue weighted by atomic mass is 16.5. The maximum atomic E-state index is 5.26. The number of nitrogens with one attached hydrogen (secondary N) is 1. The number of hydrogen-bond acceptors (Lipinski definition) is 3. The summed E-state index contributed by atoms with van der Waals surface area (Å²) >= 11 is 0. The van der Waals surface area contributed by atoms with Crippen LogP contribution in [0.5, 0.6) is 0 Å². The van der Waals surface area contributed by atoms with E-state index in [9.17, 15) is 0 Å². The SMILES string of the molecule is COCCN(CC(C)C)C1CCC1CNC(C)(C)C. The van der Waals surface area contributed by atoms with E-state index >= 15 is 0 Å². The lowest BCUT2D eigenvalue weighted by molar-refractivity contribution is 0.0298. The molecule has 0 aromatic rings. The highest BCUT2D eigenvalue weighted by molar-refractivity contribution is 4.91. The molecular formula is C16H34N2O. The van der Waals surface area contributed by atoms with Crippen LogP contribution in [-0.4, -0.2) is 49.8 Å². The van der Waals surface area contributed by atoms with E-state index in [1.807, 2.05) is 0 Å². The molecule has 0 aliphatic heterocycles. The Morgan fingerprint density at radius 3 is 2.37 bits per heavy atom. The molecule has 1 aliphatic rings. The summed E-state index contributed by atoms with van der Waals surface area (Å²) in [4.78, 5) is 2.65. The van der Waals surface area contributed by atoms with Crippen LogP contribution in [-0.2, 0) is 4.74 Å². The maximum Gasteiger partial charge on any atom is 0.0589 e. The molecule has 3 nitrogen and oxygen atoms in total. The van der Waals surface area contributed by atoms with E-state index in [0.717, 1.165) is 37.6 Å². The number of methoxy groups -OCH3 is 1. The molecule has 1 rings (SSSR count). The number of hydrogen-bond donors (Lipinski definition) is 1. The molecule has 0 aromatic carbocycles. The van der Waals surface area contributed by atoms with Gasteiger partial charge in [-0.15, -0.1) is 0 Å². The van der Waals surface area contributed by atoms with Gasteiger partial charge < -0.3 is 10.1 Å². The zero-order valence-corrected chi connectivity index (χ0v) is 13.8. The molecule has 0 heterocycles. The lowest BCUT2D eigenvalue weighted by Gasteiger charge is -2.46. The molecule has 114 valence electrons. The molecule has 19 heavy (non-hydrogen) atoms. The zero-order valence-electron chi connectivity index (χ0n) is 13.8. The summed E-state index contributed by atoms with van der Waals surface area (Å²) in [6.07, 6.45) is 2.72. The van der Waals surface area contributed by atoms with Gasteiger partial charge in [-0.25, -0.2) is 0 Å². The molecule has 1 saturated carbocycles. The van der Waals surface area contributed by atoms with E-state index in [4.69, 9.17) is 4.74 Å². The molecule has 1 N–H and O–H groups in total. The first-order valence-corrected chi connectivity index (χ1v) is 7.81. The fraction of sp³-hybridized carbons (Fsp3) is 1.00. The van der Waals surface area contributed by atoms with Gasteiger partial charge in [-0.05, 0) is 52.0 Å². The summed E-state index contributed by atoms with van der Waals surface area (Å²) in [7, 11) is 1.80. The minimum atomic E-state index is 0.232. The lowest BCUT2D eigenvalue weighted by atomic mass is 9.77. The molecule has 2 unspecified atom stereocenters. The van der Waals surface area contributed by atoms with Crippen molar-refractivity contribution in [2.75, 3.05) is 33.4 Å². The first-order valence-electron chi connectivity index (χ1n) is 7.81. The lowest BCUT2D eigenvalue weighted by Crippen LogP contribution is -2.54. The highest BCUT2D eigenvalue weighted by Crippen LogP contribution is 2.32. The Morgan fingerprint density at radius 1 is 1.26 bits per heavy atom. The van der Waals surface area contributed by atoms with Crippen LogP contribution in [0.1, 0.15) is 47.5 Å². The molecule has 0 bridgehead atoms. The Morgan fingerprint density at radius 2 is 1.95 bits per heavy atom. The second kappa shape index (κ2) is 7.61. The standard InChI is InChI=1S/C16H34N2O/c1-13(2)12-18(9-10-19-6)15-8-7-14(15)11-17-16(3,4)5/h13-15,17H,7-12H2,1-6H3. The molecule has 0 saturated heterocycles. The Balaban J connectivity index is 2.44. The van der Waals surface area contributed by atoms with Crippen molar-refractivity contribution in [1.82, 2.24) is 10.2 Å². The summed E-state index contributed by atoms with van der Waals surface area (Å²) in [6, 6.07) is 0.757. The van der Waals surface area contributed by atoms with Gasteiger partial charge in [-0.2, -0.15) is 0 Å². The topological polar surface area (TPSA) is 24.5 Å². The Kier molecular flexibility index (Phi) is 6.78. The fourth-order valence-electron chi connectivity index (χ4n) is 2.78. The molecule has 2 atom stereocenters. The Bertz CT molecular complexity index is 248. The van der Waals surface area contributed by atoms with Gasteiger partial charge in [0, 0.05) is 31.8 Å². The van der Waals surface area contributed by atoms with Crippen molar-refractivity contribution in [3.05, 3.63) is 0 Å². The number of nitrogens with zero attached hydrogens (tertiary/aromatic N) is 1. The van der Waals surface area contributed by atoms with Gasteiger partial charge in [0.15, 0.2) is 0 Å². The minimum Gasteiger partial charge on any atom is -0.383 e. The van der Waals surface area contributed by atoms with Gasteiger partial charge >= 0.3 is 0 Å². The van der Waals surface area contributed by atoms with Gasteiger partial charge in [-0.3, -0.25) is 4.90 Å². The Labute approximate surface area is 120 Å². The maximum absolute atomic E-state index is 5.26. The summed E-state index contributed by atoms with van der Waals surface area (Å²) < 4.78 is 5.26. The van der Waals surface area contributed by atoms with E-state index in [1.165, 1.54) is 19.4 Å². The predicted molar refractivity (Wildman–Crippen MR) is 82.6 cm³/mol. The van der Waals surface area contributed by atoms with Crippen LogP contribution in [0.15, 0.2) is 0 Å². The summed E-state index contributed by atoms with van der Waals surface area (Å²) in [6.45, 7) is 15.6. The molecule has 1 fully saturated rings. The van der Waals surface area contributed by atoms with E-state index in [-0.39, 0.29) is 5.54 Å². The minimum absolute atomic E-state index is 0.232. The van der Waals surface area contributed by atoms with Crippen molar-refractivity contribution in [3.8, 4) is 0 Å². The van der Waals surface area contributed by atoms with Gasteiger partial charge in [0.2, 0.25) is 0 Å². The predicted octanol–water partition coefficient (Wildman–Crippen LogP) is 2.76. The van der Waals surface area contributed by atoms with Gasteiger partial charge in [0.1, 0.15) is 0 Å². The van der Waals surface area contributed by atoms with Crippen molar-refractivity contribution in [3.63, 3.8) is 0 Å². The summed E-state index contributed by atoms with van der Waals surface area (Å²) in [5.41, 5.74) is 0.232. The molecule has 1 aliphatic carbocycles. The summed E-state index contributed by atoms with van der Waals surface area (Å²) in [5.74, 6) is 1.54. The van der Waals surface area contributed by atoms with Crippen LogP contribution in [0, 0.1) is 11.8 Å². The highest BCUT2D eigenvalue weighted by Gasteiger charge is 2.35. The van der Waals surface area contributed by atoms with Crippen LogP contribution in [0.3, 0.4) is 0 Å². The van der Waals surface area contributed by atoms with Gasteiger partial charge in [0.05, 0.1) is 6.61 Å². The van der Waals surface area contributed by atoms with E-state index < -0.39 is 0 Å². The number of ether oxygens (including phenoxy) is 1. The van der Waals surface area contributed by atoms with Crippen LogP contribution in [0.4, 0.5) is 0 Å².